The van der Waals surface area contributed by atoms with Gasteiger partial charge in [-0.1, -0.05) is 6.07 Å². The molecule has 2 rings (SSSR count). The normalized spacial score (nSPS) is 23.6. The molecule has 1 aromatic carbocycles. The fourth-order valence-electron chi connectivity index (χ4n) is 2.28. The van der Waals surface area contributed by atoms with Crippen molar-refractivity contribution in [2.24, 2.45) is 5.73 Å². The molecule has 0 aliphatic carbocycles. The van der Waals surface area contributed by atoms with Crippen LogP contribution in [0.3, 0.4) is 0 Å². The lowest BCUT2D eigenvalue weighted by molar-refractivity contribution is -0.274. The van der Waals surface area contributed by atoms with E-state index in [0.717, 1.165) is 12.8 Å². The standard InChI is InChI=1S/C13H16F3NO2/c1-8-4-9(12-3-2-10(7-17)18-12)6-11(5-8)19-13(14,15)16/h4-6,10,12H,2-3,7,17H2,1H3/t10-,12?/m0/s1. The van der Waals surface area contributed by atoms with Crippen molar-refractivity contribution in [3.63, 3.8) is 0 Å². The fourth-order valence-corrected chi connectivity index (χ4v) is 2.28. The van der Waals surface area contributed by atoms with Gasteiger partial charge in [0.15, 0.2) is 0 Å². The van der Waals surface area contributed by atoms with Gasteiger partial charge in [0.25, 0.3) is 0 Å². The number of rotatable bonds is 3. The van der Waals surface area contributed by atoms with Gasteiger partial charge >= 0.3 is 6.36 Å². The topological polar surface area (TPSA) is 44.5 Å². The SMILES string of the molecule is Cc1cc(OC(F)(F)F)cc(C2CC[C@@H](CN)O2)c1. The summed E-state index contributed by atoms with van der Waals surface area (Å²) in [4.78, 5) is 0. The van der Waals surface area contributed by atoms with Gasteiger partial charge in [0, 0.05) is 6.54 Å². The molecule has 1 unspecified atom stereocenters. The molecule has 106 valence electrons. The highest BCUT2D eigenvalue weighted by Crippen LogP contribution is 2.35. The molecule has 6 heteroatoms. The third kappa shape index (κ3) is 3.84. The second kappa shape index (κ2) is 5.38. The molecule has 19 heavy (non-hydrogen) atoms. The first-order valence-electron chi connectivity index (χ1n) is 6.10. The van der Waals surface area contributed by atoms with Crippen molar-refractivity contribution in [2.45, 2.75) is 38.3 Å². The highest BCUT2D eigenvalue weighted by molar-refractivity contribution is 5.35. The summed E-state index contributed by atoms with van der Waals surface area (Å²) in [7, 11) is 0. The molecule has 0 spiro atoms. The maximum atomic E-state index is 12.2. The summed E-state index contributed by atoms with van der Waals surface area (Å²) in [5.41, 5.74) is 6.93. The smallest absolute Gasteiger partial charge is 0.406 e. The summed E-state index contributed by atoms with van der Waals surface area (Å²) in [6, 6.07) is 4.54. The zero-order chi connectivity index (χ0) is 14.0. The van der Waals surface area contributed by atoms with Gasteiger partial charge in [0.1, 0.15) is 5.75 Å². The molecule has 1 aliphatic heterocycles. The van der Waals surface area contributed by atoms with E-state index in [1.807, 2.05) is 6.07 Å². The fraction of sp³-hybridized carbons (Fsp3) is 0.538. The third-order valence-corrected chi connectivity index (χ3v) is 3.05. The van der Waals surface area contributed by atoms with Crippen LogP contribution in [0.1, 0.15) is 30.1 Å². The van der Waals surface area contributed by atoms with E-state index in [9.17, 15) is 13.2 Å². The molecule has 1 fully saturated rings. The van der Waals surface area contributed by atoms with Gasteiger partial charge < -0.3 is 15.2 Å². The van der Waals surface area contributed by atoms with E-state index in [4.69, 9.17) is 10.5 Å². The lowest BCUT2D eigenvalue weighted by Crippen LogP contribution is -2.19. The first-order valence-corrected chi connectivity index (χ1v) is 6.10. The largest absolute Gasteiger partial charge is 0.573 e. The second-order valence-corrected chi connectivity index (χ2v) is 4.69. The molecule has 1 aromatic rings. The van der Waals surface area contributed by atoms with Crippen molar-refractivity contribution in [3.05, 3.63) is 29.3 Å². The number of benzene rings is 1. The molecule has 3 nitrogen and oxygen atoms in total. The Hall–Kier alpha value is -1.27. The molecule has 1 aliphatic rings. The lowest BCUT2D eigenvalue weighted by atomic mass is 10.0. The summed E-state index contributed by atoms with van der Waals surface area (Å²) < 4.78 is 46.3. The first kappa shape index (κ1) is 14.1. The van der Waals surface area contributed by atoms with E-state index in [1.54, 1.807) is 6.92 Å². The monoisotopic (exact) mass is 275 g/mol. The molecule has 0 bridgehead atoms. The summed E-state index contributed by atoms with van der Waals surface area (Å²) in [5, 5.41) is 0. The van der Waals surface area contributed by atoms with E-state index in [-0.39, 0.29) is 18.0 Å². The Kier molecular flexibility index (Phi) is 4.01. The van der Waals surface area contributed by atoms with Crippen LogP contribution in [0.5, 0.6) is 5.75 Å². The van der Waals surface area contributed by atoms with E-state index >= 15 is 0 Å². The maximum absolute atomic E-state index is 12.2. The number of halogens is 3. The Labute approximate surface area is 109 Å². The van der Waals surface area contributed by atoms with E-state index < -0.39 is 6.36 Å². The number of hydrogen-bond donors (Lipinski definition) is 1. The second-order valence-electron chi connectivity index (χ2n) is 4.69. The van der Waals surface area contributed by atoms with E-state index in [1.165, 1.54) is 12.1 Å². The Morgan fingerprint density at radius 2 is 2.05 bits per heavy atom. The predicted octanol–water partition coefficient (Wildman–Crippen LogP) is 3.07. The highest BCUT2D eigenvalue weighted by Gasteiger charge is 2.32. The third-order valence-electron chi connectivity index (χ3n) is 3.05. The maximum Gasteiger partial charge on any atom is 0.573 e. The van der Waals surface area contributed by atoms with E-state index in [2.05, 4.69) is 4.74 Å². The van der Waals surface area contributed by atoms with Crippen LogP contribution >= 0.6 is 0 Å². The Bertz CT molecular complexity index is 448. The number of alkyl halides is 3. The number of aryl methyl sites for hydroxylation is 1. The summed E-state index contributed by atoms with van der Waals surface area (Å²) >= 11 is 0. The molecule has 0 saturated carbocycles. The van der Waals surface area contributed by atoms with Gasteiger partial charge in [0.05, 0.1) is 12.2 Å². The van der Waals surface area contributed by atoms with Crippen LogP contribution in [0.4, 0.5) is 13.2 Å². The van der Waals surface area contributed by atoms with Gasteiger partial charge in [-0.25, -0.2) is 0 Å². The Balaban J connectivity index is 2.17. The van der Waals surface area contributed by atoms with Gasteiger partial charge in [-0.15, -0.1) is 13.2 Å². The van der Waals surface area contributed by atoms with Gasteiger partial charge in [0.2, 0.25) is 0 Å². The number of hydrogen-bond acceptors (Lipinski definition) is 3. The highest BCUT2D eigenvalue weighted by atomic mass is 19.4. The molecular formula is C13H16F3NO2. The zero-order valence-corrected chi connectivity index (χ0v) is 10.5. The van der Waals surface area contributed by atoms with Crippen LogP contribution in [-0.4, -0.2) is 19.0 Å². The van der Waals surface area contributed by atoms with Crippen LogP contribution in [0.25, 0.3) is 0 Å². The van der Waals surface area contributed by atoms with Crippen molar-refractivity contribution >= 4 is 0 Å². The van der Waals surface area contributed by atoms with Crippen LogP contribution in [0, 0.1) is 6.92 Å². The molecule has 0 amide bonds. The average molecular weight is 275 g/mol. The van der Waals surface area contributed by atoms with Crippen molar-refractivity contribution in [3.8, 4) is 5.75 Å². The van der Waals surface area contributed by atoms with Crippen LogP contribution < -0.4 is 10.5 Å². The van der Waals surface area contributed by atoms with E-state index in [0.29, 0.717) is 17.7 Å². The molecule has 2 atom stereocenters. The minimum atomic E-state index is -4.68. The minimum absolute atomic E-state index is 0.0162. The predicted molar refractivity (Wildman–Crippen MR) is 63.8 cm³/mol. The Morgan fingerprint density at radius 3 is 2.63 bits per heavy atom. The molecule has 0 aromatic heterocycles. The van der Waals surface area contributed by atoms with Crippen molar-refractivity contribution in [1.82, 2.24) is 0 Å². The molecule has 1 heterocycles. The van der Waals surface area contributed by atoms with Crippen LogP contribution in [0.15, 0.2) is 18.2 Å². The van der Waals surface area contributed by atoms with Crippen molar-refractivity contribution in [1.29, 1.82) is 0 Å². The molecule has 0 radical (unpaired) electrons. The summed E-state index contributed by atoms with van der Waals surface area (Å²) in [6.07, 6.45) is -3.32. The summed E-state index contributed by atoms with van der Waals surface area (Å²) in [5.74, 6) is -0.206. The molecular weight excluding hydrogens is 259 g/mol. The van der Waals surface area contributed by atoms with Crippen molar-refractivity contribution in [2.75, 3.05) is 6.54 Å². The molecule has 1 saturated heterocycles. The quantitative estimate of drug-likeness (QED) is 0.922. The van der Waals surface area contributed by atoms with Crippen LogP contribution in [0.2, 0.25) is 0 Å². The lowest BCUT2D eigenvalue weighted by Gasteiger charge is -2.16. The van der Waals surface area contributed by atoms with Gasteiger partial charge in [-0.3, -0.25) is 0 Å². The minimum Gasteiger partial charge on any atom is -0.406 e. The average Bonchev–Trinajstić information content (AvgIpc) is 2.74. The first-order chi connectivity index (χ1) is 8.87. The van der Waals surface area contributed by atoms with Crippen molar-refractivity contribution < 1.29 is 22.6 Å². The van der Waals surface area contributed by atoms with Crippen LogP contribution in [-0.2, 0) is 4.74 Å². The number of nitrogens with two attached hydrogens (primary N) is 1. The number of ether oxygens (including phenoxy) is 2. The zero-order valence-electron chi connectivity index (χ0n) is 10.5. The van der Waals surface area contributed by atoms with Gasteiger partial charge in [-0.2, -0.15) is 0 Å². The Morgan fingerprint density at radius 1 is 1.32 bits per heavy atom. The van der Waals surface area contributed by atoms with Gasteiger partial charge in [-0.05, 0) is 43.0 Å². The molecule has 2 N–H and O–H groups in total. The summed E-state index contributed by atoms with van der Waals surface area (Å²) in [6.45, 7) is 2.15.